The van der Waals surface area contributed by atoms with E-state index in [1.54, 1.807) is 11.7 Å². The minimum Gasteiger partial charge on any atom is -0.355 e. The molecule has 106 valence electrons. The van der Waals surface area contributed by atoms with E-state index in [0.717, 1.165) is 6.54 Å². The maximum absolute atomic E-state index is 12.0. The van der Waals surface area contributed by atoms with Gasteiger partial charge in [-0.2, -0.15) is 0 Å². The zero-order valence-electron chi connectivity index (χ0n) is 11.5. The smallest absolute Gasteiger partial charge is 0.233 e. The maximum atomic E-state index is 12.0. The third kappa shape index (κ3) is 4.19. The molecule has 1 amide bonds. The standard InChI is InChI=1S/C12H21N5OS/c1-9(19-12-14-15-16-17(12)2)11(18)13-8-10-6-4-3-5-7-10/h9-10H,3-8H2,1-2H3,(H,13,18)/t9-/m1/s1. The monoisotopic (exact) mass is 283 g/mol. The molecule has 6 nitrogen and oxygen atoms in total. The average Bonchev–Trinajstić information content (AvgIpc) is 2.82. The highest BCUT2D eigenvalue weighted by molar-refractivity contribution is 8.00. The van der Waals surface area contributed by atoms with Gasteiger partial charge in [0, 0.05) is 13.6 Å². The Kier molecular flexibility index (Phi) is 5.18. The van der Waals surface area contributed by atoms with Crippen LogP contribution in [0.25, 0.3) is 0 Å². The van der Waals surface area contributed by atoms with Gasteiger partial charge in [-0.1, -0.05) is 31.0 Å². The van der Waals surface area contributed by atoms with Gasteiger partial charge in [-0.25, -0.2) is 4.68 Å². The van der Waals surface area contributed by atoms with Crippen LogP contribution in [0.15, 0.2) is 5.16 Å². The Hall–Kier alpha value is -1.11. The second-order valence-electron chi connectivity index (χ2n) is 5.09. The van der Waals surface area contributed by atoms with Crippen molar-refractivity contribution in [3.63, 3.8) is 0 Å². The van der Waals surface area contributed by atoms with E-state index in [1.165, 1.54) is 43.9 Å². The number of hydrogen-bond donors (Lipinski definition) is 1. The minimum atomic E-state index is -0.173. The Morgan fingerprint density at radius 3 is 2.84 bits per heavy atom. The third-order valence-corrected chi connectivity index (χ3v) is 4.65. The van der Waals surface area contributed by atoms with Crippen LogP contribution in [0.2, 0.25) is 0 Å². The Morgan fingerprint density at radius 1 is 1.47 bits per heavy atom. The molecule has 1 aliphatic rings. The zero-order valence-corrected chi connectivity index (χ0v) is 12.3. The summed E-state index contributed by atoms with van der Waals surface area (Å²) in [5.74, 6) is 0.727. The van der Waals surface area contributed by atoms with Crippen molar-refractivity contribution in [1.82, 2.24) is 25.5 Å². The van der Waals surface area contributed by atoms with Crippen molar-refractivity contribution >= 4 is 17.7 Å². The van der Waals surface area contributed by atoms with Crippen LogP contribution in [0.5, 0.6) is 0 Å². The normalized spacial score (nSPS) is 18.2. The van der Waals surface area contributed by atoms with Crippen molar-refractivity contribution in [2.75, 3.05) is 6.54 Å². The average molecular weight is 283 g/mol. The summed E-state index contributed by atoms with van der Waals surface area (Å²) in [6.07, 6.45) is 6.44. The van der Waals surface area contributed by atoms with Gasteiger partial charge in [0.05, 0.1) is 5.25 Å². The fraction of sp³-hybridized carbons (Fsp3) is 0.833. The van der Waals surface area contributed by atoms with Crippen LogP contribution >= 0.6 is 11.8 Å². The molecule has 1 N–H and O–H groups in total. The van der Waals surface area contributed by atoms with Crippen LogP contribution in [0.1, 0.15) is 39.0 Å². The van der Waals surface area contributed by atoms with Crippen molar-refractivity contribution in [3.05, 3.63) is 0 Å². The molecule has 1 aromatic rings. The molecular weight excluding hydrogens is 262 g/mol. The molecule has 19 heavy (non-hydrogen) atoms. The number of carbonyl (C=O) groups is 1. The number of thioether (sulfide) groups is 1. The van der Waals surface area contributed by atoms with Gasteiger partial charge in [0.1, 0.15) is 0 Å². The van der Waals surface area contributed by atoms with E-state index in [0.29, 0.717) is 11.1 Å². The van der Waals surface area contributed by atoms with Gasteiger partial charge < -0.3 is 5.32 Å². The minimum absolute atomic E-state index is 0.0681. The lowest BCUT2D eigenvalue weighted by Crippen LogP contribution is -2.35. The molecule has 2 rings (SSSR count). The largest absolute Gasteiger partial charge is 0.355 e. The first-order valence-corrected chi connectivity index (χ1v) is 7.71. The first-order chi connectivity index (χ1) is 9.16. The Labute approximate surface area is 117 Å². The molecule has 0 spiro atoms. The lowest BCUT2D eigenvalue weighted by atomic mass is 9.89. The van der Waals surface area contributed by atoms with Gasteiger partial charge in [0.2, 0.25) is 11.1 Å². The van der Waals surface area contributed by atoms with Gasteiger partial charge in [-0.15, -0.1) is 5.10 Å². The summed E-state index contributed by atoms with van der Waals surface area (Å²) in [7, 11) is 1.77. The van der Waals surface area contributed by atoms with Crippen LogP contribution in [-0.4, -0.2) is 37.9 Å². The number of nitrogens with zero attached hydrogens (tertiary/aromatic N) is 4. The lowest BCUT2D eigenvalue weighted by molar-refractivity contribution is -0.120. The predicted octanol–water partition coefficient (Wildman–Crippen LogP) is 1.39. The van der Waals surface area contributed by atoms with Crippen molar-refractivity contribution in [1.29, 1.82) is 0 Å². The maximum Gasteiger partial charge on any atom is 0.233 e. The quantitative estimate of drug-likeness (QED) is 0.827. The lowest BCUT2D eigenvalue weighted by Gasteiger charge is -2.22. The molecule has 1 aromatic heterocycles. The van der Waals surface area contributed by atoms with Crippen molar-refractivity contribution in [2.45, 2.75) is 49.4 Å². The molecule has 7 heteroatoms. The second kappa shape index (κ2) is 6.88. The van der Waals surface area contributed by atoms with E-state index in [4.69, 9.17) is 0 Å². The van der Waals surface area contributed by atoms with Gasteiger partial charge in [0.15, 0.2) is 0 Å². The number of aromatic nitrogens is 4. The molecule has 0 bridgehead atoms. The second-order valence-corrected chi connectivity index (χ2v) is 6.40. The van der Waals surface area contributed by atoms with E-state index in [2.05, 4.69) is 20.8 Å². The number of amides is 1. The van der Waals surface area contributed by atoms with Crippen LogP contribution < -0.4 is 5.32 Å². The van der Waals surface area contributed by atoms with Crippen molar-refractivity contribution < 1.29 is 4.79 Å². The summed E-state index contributed by atoms with van der Waals surface area (Å²) < 4.78 is 1.58. The van der Waals surface area contributed by atoms with Crippen LogP contribution in [-0.2, 0) is 11.8 Å². The zero-order chi connectivity index (χ0) is 13.7. The Morgan fingerprint density at radius 2 is 2.21 bits per heavy atom. The molecule has 0 unspecified atom stereocenters. The number of rotatable bonds is 5. The van der Waals surface area contributed by atoms with Crippen LogP contribution in [0, 0.1) is 5.92 Å². The summed E-state index contributed by atoms with van der Waals surface area (Å²) in [6, 6.07) is 0. The molecule has 1 heterocycles. The van der Waals surface area contributed by atoms with Crippen LogP contribution in [0.4, 0.5) is 0 Å². The van der Waals surface area contributed by atoms with Crippen molar-refractivity contribution in [3.8, 4) is 0 Å². The van der Waals surface area contributed by atoms with Gasteiger partial charge in [0.25, 0.3) is 0 Å². The van der Waals surface area contributed by atoms with E-state index < -0.39 is 0 Å². The van der Waals surface area contributed by atoms with E-state index in [-0.39, 0.29) is 11.2 Å². The molecule has 1 saturated carbocycles. The molecule has 0 saturated heterocycles. The number of tetrazole rings is 1. The molecule has 0 aliphatic heterocycles. The Bertz CT molecular complexity index is 416. The highest BCUT2D eigenvalue weighted by Gasteiger charge is 2.19. The Balaban J connectivity index is 1.74. The summed E-state index contributed by atoms with van der Waals surface area (Å²) in [4.78, 5) is 12.0. The summed E-state index contributed by atoms with van der Waals surface area (Å²) in [5.41, 5.74) is 0. The molecule has 1 fully saturated rings. The summed E-state index contributed by atoms with van der Waals surface area (Å²) in [5, 5.41) is 14.7. The molecular formula is C12H21N5OS. The highest BCUT2D eigenvalue weighted by Crippen LogP contribution is 2.23. The number of hydrogen-bond acceptors (Lipinski definition) is 5. The van der Waals surface area contributed by atoms with E-state index in [1.807, 2.05) is 6.92 Å². The summed E-state index contributed by atoms with van der Waals surface area (Å²) >= 11 is 1.39. The first-order valence-electron chi connectivity index (χ1n) is 6.83. The fourth-order valence-electron chi connectivity index (χ4n) is 2.31. The van der Waals surface area contributed by atoms with Gasteiger partial charge >= 0.3 is 0 Å². The third-order valence-electron chi connectivity index (χ3n) is 3.52. The molecule has 0 aromatic carbocycles. The first kappa shape index (κ1) is 14.3. The van der Waals surface area contributed by atoms with Crippen molar-refractivity contribution in [2.24, 2.45) is 13.0 Å². The van der Waals surface area contributed by atoms with Crippen LogP contribution in [0.3, 0.4) is 0 Å². The highest BCUT2D eigenvalue weighted by atomic mass is 32.2. The van der Waals surface area contributed by atoms with Gasteiger partial charge in [-0.3, -0.25) is 4.79 Å². The number of nitrogens with one attached hydrogen (secondary N) is 1. The molecule has 0 radical (unpaired) electrons. The summed E-state index contributed by atoms with van der Waals surface area (Å²) in [6.45, 7) is 2.69. The number of carbonyl (C=O) groups excluding carboxylic acids is 1. The predicted molar refractivity (Wildman–Crippen MR) is 73.7 cm³/mol. The SMILES string of the molecule is C[C@@H](Sc1nnnn1C)C(=O)NCC1CCCCC1. The molecule has 1 atom stereocenters. The molecule has 1 aliphatic carbocycles. The fourth-order valence-corrected chi connectivity index (χ4v) is 3.09. The topological polar surface area (TPSA) is 72.7 Å². The van der Waals surface area contributed by atoms with Gasteiger partial charge in [-0.05, 0) is 36.1 Å². The van der Waals surface area contributed by atoms with E-state index in [9.17, 15) is 4.79 Å². The number of aryl methyl sites for hydroxylation is 1. The van der Waals surface area contributed by atoms with E-state index >= 15 is 0 Å².